The molecule has 0 amide bonds. The zero-order chi connectivity index (χ0) is 17.6. The number of aromatic amines is 1. The second kappa shape index (κ2) is 5.59. The van der Waals surface area contributed by atoms with Crippen molar-refractivity contribution in [3.63, 3.8) is 0 Å². The van der Waals surface area contributed by atoms with Crippen molar-refractivity contribution in [3.05, 3.63) is 64.4 Å². The highest BCUT2D eigenvalue weighted by Crippen LogP contribution is 2.37. The second-order valence-electron chi connectivity index (χ2n) is 5.91. The average molecular weight is 357 g/mol. The smallest absolute Gasteiger partial charge is 0.298 e. The summed E-state index contributed by atoms with van der Waals surface area (Å²) in [5.74, 6) is 0.273. The summed E-state index contributed by atoms with van der Waals surface area (Å²) < 4.78 is 33.1. The van der Waals surface area contributed by atoms with Crippen LogP contribution in [0.3, 0.4) is 0 Å². The number of nitrogens with zero attached hydrogens (tertiary/aromatic N) is 2. The number of rotatable bonds is 3. The molecule has 0 saturated heterocycles. The number of H-pyrrole nitrogens is 1. The third-order valence-corrected chi connectivity index (χ3v) is 5.97. The molecule has 0 bridgehead atoms. The molecule has 3 heterocycles. The predicted molar refractivity (Wildman–Crippen MR) is 91.8 cm³/mol. The predicted octanol–water partition coefficient (Wildman–Crippen LogP) is 2.17. The van der Waals surface area contributed by atoms with Gasteiger partial charge in [-0.3, -0.25) is 9.10 Å². The molecule has 25 heavy (non-hydrogen) atoms. The van der Waals surface area contributed by atoms with E-state index in [2.05, 4.69) is 10.2 Å². The molecular weight excluding hydrogens is 342 g/mol. The molecule has 4 rings (SSSR count). The number of anilines is 1. The molecule has 1 N–H and O–H groups in total. The summed E-state index contributed by atoms with van der Waals surface area (Å²) >= 11 is 0. The van der Waals surface area contributed by atoms with Gasteiger partial charge in [0, 0.05) is 12.1 Å². The molecule has 0 radical (unpaired) electrons. The summed E-state index contributed by atoms with van der Waals surface area (Å²) in [5, 5.41) is 6.00. The van der Waals surface area contributed by atoms with Crippen molar-refractivity contribution in [2.45, 2.75) is 24.5 Å². The van der Waals surface area contributed by atoms with E-state index in [9.17, 15) is 13.2 Å². The zero-order valence-electron chi connectivity index (χ0n) is 13.3. The zero-order valence-corrected chi connectivity index (χ0v) is 14.2. The Bertz CT molecular complexity index is 1080. The normalized spacial score (nSPS) is 16.8. The molecular formula is C17H15N3O4S. The van der Waals surface area contributed by atoms with Crippen molar-refractivity contribution in [1.29, 1.82) is 0 Å². The summed E-state index contributed by atoms with van der Waals surface area (Å²) in [6, 6.07) is 13.0. The quantitative estimate of drug-likeness (QED) is 0.775. The Morgan fingerprint density at radius 1 is 1.16 bits per heavy atom. The van der Waals surface area contributed by atoms with Gasteiger partial charge in [0.05, 0.1) is 5.69 Å². The molecule has 0 spiro atoms. The molecule has 8 heteroatoms. The van der Waals surface area contributed by atoms with Crippen LogP contribution in [0, 0.1) is 0 Å². The SMILES string of the molecule is C[C@H]1Cc2ccccc2N1S(=O)(=O)c1ccc(-c2ccc(=O)[nH]n2)o1. The van der Waals surface area contributed by atoms with Gasteiger partial charge in [-0.05, 0) is 43.2 Å². The monoisotopic (exact) mass is 357 g/mol. The van der Waals surface area contributed by atoms with E-state index in [4.69, 9.17) is 4.42 Å². The highest BCUT2D eigenvalue weighted by Gasteiger charge is 2.37. The van der Waals surface area contributed by atoms with E-state index in [1.165, 1.54) is 28.6 Å². The molecule has 1 aliphatic heterocycles. The van der Waals surface area contributed by atoms with Crippen molar-refractivity contribution in [2.24, 2.45) is 0 Å². The Hall–Kier alpha value is -2.87. The number of para-hydroxylation sites is 1. The number of sulfonamides is 1. The summed E-state index contributed by atoms with van der Waals surface area (Å²) in [6.45, 7) is 1.87. The maximum atomic E-state index is 13.1. The first-order valence-electron chi connectivity index (χ1n) is 7.75. The molecule has 0 saturated carbocycles. The highest BCUT2D eigenvalue weighted by atomic mass is 32.2. The summed E-state index contributed by atoms with van der Waals surface area (Å²) in [7, 11) is -3.83. The first-order chi connectivity index (χ1) is 12.0. The van der Waals surface area contributed by atoms with Gasteiger partial charge in [-0.1, -0.05) is 18.2 Å². The van der Waals surface area contributed by atoms with Gasteiger partial charge in [0.1, 0.15) is 5.69 Å². The maximum Gasteiger partial charge on any atom is 0.298 e. The van der Waals surface area contributed by atoms with Gasteiger partial charge < -0.3 is 4.42 Å². The lowest BCUT2D eigenvalue weighted by atomic mass is 10.1. The molecule has 128 valence electrons. The lowest BCUT2D eigenvalue weighted by Crippen LogP contribution is -2.35. The molecule has 0 fully saturated rings. The van der Waals surface area contributed by atoms with E-state index in [0.717, 1.165) is 5.56 Å². The van der Waals surface area contributed by atoms with E-state index in [0.29, 0.717) is 17.8 Å². The van der Waals surface area contributed by atoms with Crippen molar-refractivity contribution >= 4 is 15.7 Å². The minimum atomic E-state index is -3.83. The first kappa shape index (κ1) is 15.6. The van der Waals surface area contributed by atoms with Crippen LogP contribution < -0.4 is 9.86 Å². The van der Waals surface area contributed by atoms with Crippen LogP contribution in [0.2, 0.25) is 0 Å². The van der Waals surface area contributed by atoms with Crippen LogP contribution in [0.5, 0.6) is 0 Å². The van der Waals surface area contributed by atoms with Crippen LogP contribution in [0.1, 0.15) is 12.5 Å². The van der Waals surface area contributed by atoms with Crippen LogP contribution in [0.25, 0.3) is 11.5 Å². The number of benzene rings is 1. The Kier molecular flexibility index (Phi) is 3.50. The summed E-state index contributed by atoms with van der Waals surface area (Å²) in [4.78, 5) is 11.1. The minimum Gasteiger partial charge on any atom is -0.441 e. The minimum absolute atomic E-state index is 0.154. The van der Waals surface area contributed by atoms with Crippen LogP contribution >= 0.6 is 0 Å². The van der Waals surface area contributed by atoms with Gasteiger partial charge in [0.15, 0.2) is 5.76 Å². The fraction of sp³-hybridized carbons (Fsp3) is 0.176. The Morgan fingerprint density at radius 3 is 2.72 bits per heavy atom. The Balaban J connectivity index is 1.75. The van der Waals surface area contributed by atoms with Gasteiger partial charge >= 0.3 is 0 Å². The van der Waals surface area contributed by atoms with E-state index >= 15 is 0 Å². The first-order valence-corrected chi connectivity index (χ1v) is 9.19. The maximum absolute atomic E-state index is 13.1. The molecule has 1 atom stereocenters. The Morgan fingerprint density at radius 2 is 1.96 bits per heavy atom. The van der Waals surface area contributed by atoms with E-state index in [1.54, 1.807) is 6.07 Å². The van der Waals surface area contributed by atoms with E-state index < -0.39 is 10.0 Å². The molecule has 1 aromatic carbocycles. The van der Waals surface area contributed by atoms with Gasteiger partial charge in [-0.15, -0.1) is 0 Å². The second-order valence-corrected chi connectivity index (χ2v) is 7.65. The van der Waals surface area contributed by atoms with Crippen molar-refractivity contribution < 1.29 is 12.8 Å². The lowest BCUT2D eigenvalue weighted by Gasteiger charge is -2.22. The van der Waals surface area contributed by atoms with Gasteiger partial charge in [-0.25, -0.2) is 5.10 Å². The molecule has 0 aliphatic carbocycles. The van der Waals surface area contributed by atoms with Crippen LogP contribution in [0.15, 0.2) is 62.8 Å². The third kappa shape index (κ3) is 2.54. The van der Waals surface area contributed by atoms with E-state index in [-0.39, 0.29) is 22.5 Å². The number of nitrogens with one attached hydrogen (secondary N) is 1. The van der Waals surface area contributed by atoms with Crippen LogP contribution in [-0.4, -0.2) is 24.7 Å². The fourth-order valence-electron chi connectivity index (χ4n) is 3.08. The number of hydrogen-bond acceptors (Lipinski definition) is 5. The van der Waals surface area contributed by atoms with Gasteiger partial charge in [0.25, 0.3) is 15.6 Å². The molecule has 0 unspecified atom stereocenters. The third-order valence-electron chi connectivity index (χ3n) is 4.17. The number of furan rings is 1. The lowest BCUT2D eigenvalue weighted by molar-refractivity contribution is 0.456. The van der Waals surface area contributed by atoms with Crippen LogP contribution in [0.4, 0.5) is 5.69 Å². The number of fused-ring (bicyclic) bond motifs is 1. The molecule has 7 nitrogen and oxygen atoms in total. The molecule has 1 aliphatic rings. The van der Waals surface area contributed by atoms with Crippen LogP contribution in [-0.2, 0) is 16.4 Å². The average Bonchev–Trinajstić information content (AvgIpc) is 3.19. The Labute approximate surface area is 144 Å². The van der Waals surface area contributed by atoms with Gasteiger partial charge in [-0.2, -0.15) is 13.5 Å². The largest absolute Gasteiger partial charge is 0.441 e. The van der Waals surface area contributed by atoms with Crippen molar-refractivity contribution in [2.75, 3.05) is 4.31 Å². The van der Waals surface area contributed by atoms with Gasteiger partial charge in [0.2, 0.25) is 5.09 Å². The van der Waals surface area contributed by atoms with E-state index in [1.807, 2.05) is 25.1 Å². The summed E-state index contributed by atoms with van der Waals surface area (Å²) in [5.41, 5.74) is 1.68. The van der Waals surface area contributed by atoms with Crippen molar-refractivity contribution in [3.8, 4) is 11.5 Å². The topological polar surface area (TPSA) is 96.3 Å². The summed E-state index contributed by atoms with van der Waals surface area (Å²) in [6.07, 6.45) is 0.657. The highest BCUT2D eigenvalue weighted by molar-refractivity contribution is 7.92. The number of aromatic nitrogens is 2. The molecule has 3 aromatic rings. The standard InChI is InChI=1S/C17H15N3O4S/c1-11-10-12-4-2-3-5-14(12)20(11)25(22,23)17-9-7-15(24-17)13-6-8-16(21)19-18-13/h2-9,11H,10H2,1H3,(H,19,21)/t11-/m0/s1. The number of hydrogen-bond donors (Lipinski definition) is 1. The fourth-order valence-corrected chi connectivity index (χ4v) is 4.69. The van der Waals surface area contributed by atoms with Crippen molar-refractivity contribution in [1.82, 2.24) is 10.2 Å². The molecule has 2 aromatic heterocycles.